The van der Waals surface area contributed by atoms with E-state index in [1.165, 1.54) is 18.5 Å². The number of aryl methyl sites for hydroxylation is 1. The standard InChI is InChI=1S/C13H9N3O3S/c1-8-6-11-12(14-7-15-13(11)20-8)19-10-4-2-9(3-5-10)16(17)18/h2-7H,1H3. The van der Waals surface area contributed by atoms with Crippen molar-refractivity contribution >= 4 is 27.2 Å². The van der Waals surface area contributed by atoms with Gasteiger partial charge in [-0.3, -0.25) is 10.1 Å². The van der Waals surface area contributed by atoms with E-state index >= 15 is 0 Å². The quantitative estimate of drug-likeness (QED) is 0.542. The summed E-state index contributed by atoms with van der Waals surface area (Å²) in [6.07, 6.45) is 1.44. The molecule has 0 amide bonds. The summed E-state index contributed by atoms with van der Waals surface area (Å²) in [6, 6.07) is 7.84. The summed E-state index contributed by atoms with van der Waals surface area (Å²) in [5.74, 6) is 0.952. The van der Waals surface area contributed by atoms with Gasteiger partial charge in [-0.15, -0.1) is 11.3 Å². The van der Waals surface area contributed by atoms with Crippen LogP contribution in [0.1, 0.15) is 4.88 Å². The lowest BCUT2D eigenvalue weighted by Crippen LogP contribution is -1.91. The Morgan fingerprint density at radius 3 is 2.70 bits per heavy atom. The zero-order valence-corrected chi connectivity index (χ0v) is 11.3. The van der Waals surface area contributed by atoms with E-state index in [1.807, 2.05) is 13.0 Å². The Labute approximate surface area is 117 Å². The number of nitro benzene ring substituents is 1. The average Bonchev–Trinajstić information content (AvgIpc) is 2.81. The van der Waals surface area contributed by atoms with Crippen LogP contribution in [0.5, 0.6) is 11.6 Å². The lowest BCUT2D eigenvalue weighted by atomic mass is 10.3. The van der Waals surface area contributed by atoms with Gasteiger partial charge in [0.1, 0.15) is 16.9 Å². The number of fused-ring (bicyclic) bond motifs is 1. The van der Waals surface area contributed by atoms with Crippen LogP contribution in [-0.2, 0) is 0 Å². The van der Waals surface area contributed by atoms with Crippen molar-refractivity contribution in [2.24, 2.45) is 0 Å². The lowest BCUT2D eigenvalue weighted by molar-refractivity contribution is -0.384. The van der Waals surface area contributed by atoms with E-state index in [0.29, 0.717) is 11.6 Å². The van der Waals surface area contributed by atoms with Gasteiger partial charge in [0, 0.05) is 17.0 Å². The highest BCUT2D eigenvalue weighted by Gasteiger charge is 2.10. The van der Waals surface area contributed by atoms with Gasteiger partial charge in [-0.1, -0.05) is 0 Å². The molecule has 1 aromatic carbocycles. The van der Waals surface area contributed by atoms with E-state index in [2.05, 4.69) is 9.97 Å². The molecule has 3 aromatic rings. The molecule has 0 aliphatic carbocycles. The molecule has 2 heterocycles. The molecule has 0 spiro atoms. The second kappa shape index (κ2) is 4.86. The average molecular weight is 287 g/mol. The smallest absolute Gasteiger partial charge is 0.269 e. The Bertz CT molecular complexity index is 783. The fraction of sp³-hybridized carbons (Fsp3) is 0.0769. The van der Waals surface area contributed by atoms with Gasteiger partial charge in [0.05, 0.1) is 10.3 Å². The first-order chi connectivity index (χ1) is 9.63. The number of non-ortho nitro benzene ring substituents is 1. The first kappa shape index (κ1) is 12.5. The normalized spacial score (nSPS) is 10.7. The van der Waals surface area contributed by atoms with E-state index in [4.69, 9.17) is 4.74 Å². The molecule has 2 aromatic heterocycles. The van der Waals surface area contributed by atoms with Crippen molar-refractivity contribution in [3.8, 4) is 11.6 Å². The second-order valence-electron chi connectivity index (χ2n) is 4.11. The number of thiophene rings is 1. The molecule has 0 saturated heterocycles. The summed E-state index contributed by atoms with van der Waals surface area (Å²) < 4.78 is 5.67. The number of hydrogen-bond acceptors (Lipinski definition) is 6. The van der Waals surface area contributed by atoms with Crippen LogP contribution in [0, 0.1) is 17.0 Å². The molecule has 100 valence electrons. The maximum atomic E-state index is 10.6. The van der Waals surface area contributed by atoms with E-state index in [-0.39, 0.29) is 5.69 Å². The van der Waals surface area contributed by atoms with Gasteiger partial charge in [0.25, 0.3) is 5.69 Å². The molecule has 6 nitrogen and oxygen atoms in total. The van der Waals surface area contributed by atoms with E-state index in [1.54, 1.807) is 23.5 Å². The van der Waals surface area contributed by atoms with Crippen molar-refractivity contribution in [3.05, 3.63) is 51.7 Å². The molecule has 0 aliphatic rings. The van der Waals surface area contributed by atoms with Crippen molar-refractivity contribution in [1.82, 2.24) is 9.97 Å². The number of nitro groups is 1. The third kappa shape index (κ3) is 2.30. The molecule has 0 unspecified atom stereocenters. The molecule has 0 atom stereocenters. The predicted molar refractivity (Wildman–Crippen MR) is 75.3 cm³/mol. The first-order valence-electron chi connectivity index (χ1n) is 5.77. The fourth-order valence-corrected chi connectivity index (χ4v) is 2.62. The Hall–Kier alpha value is -2.54. The Kier molecular flexibility index (Phi) is 3.03. The topological polar surface area (TPSA) is 78.2 Å². The third-order valence-electron chi connectivity index (χ3n) is 2.68. The van der Waals surface area contributed by atoms with Crippen LogP contribution in [0.4, 0.5) is 5.69 Å². The number of aromatic nitrogens is 2. The Balaban J connectivity index is 1.94. The van der Waals surface area contributed by atoms with Crippen molar-refractivity contribution in [1.29, 1.82) is 0 Å². The summed E-state index contributed by atoms with van der Waals surface area (Å²) in [6.45, 7) is 1.99. The molecule has 0 bridgehead atoms. The minimum absolute atomic E-state index is 0.0246. The van der Waals surface area contributed by atoms with Gasteiger partial charge in [-0.2, -0.15) is 0 Å². The van der Waals surface area contributed by atoms with Gasteiger partial charge < -0.3 is 4.74 Å². The van der Waals surface area contributed by atoms with Gasteiger partial charge in [0.15, 0.2) is 0 Å². The summed E-state index contributed by atoms with van der Waals surface area (Å²) in [4.78, 5) is 20.4. The first-order valence-corrected chi connectivity index (χ1v) is 6.58. The summed E-state index contributed by atoms with van der Waals surface area (Å²) in [5, 5.41) is 11.4. The van der Waals surface area contributed by atoms with E-state index in [0.717, 1.165) is 15.1 Å². The minimum Gasteiger partial charge on any atom is -0.438 e. The van der Waals surface area contributed by atoms with Crippen molar-refractivity contribution in [2.75, 3.05) is 0 Å². The molecule has 7 heteroatoms. The summed E-state index contributed by atoms with van der Waals surface area (Å²) in [7, 11) is 0. The lowest BCUT2D eigenvalue weighted by Gasteiger charge is -2.04. The zero-order valence-electron chi connectivity index (χ0n) is 10.4. The summed E-state index contributed by atoms with van der Waals surface area (Å²) >= 11 is 1.56. The molecule has 20 heavy (non-hydrogen) atoms. The second-order valence-corrected chi connectivity index (χ2v) is 5.34. The SMILES string of the molecule is Cc1cc2c(Oc3ccc([N+](=O)[O-])cc3)ncnc2s1. The molecule has 0 aliphatic heterocycles. The molecule has 0 N–H and O–H groups in total. The Morgan fingerprint density at radius 1 is 1.25 bits per heavy atom. The van der Waals surface area contributed by atoms with Crippen molar-refractivity contribution < 1.29 is 9.66 Å². The number of hydrogen-bond donors (Lipinski definition) is 0. The van der Waals surface area contributed by atoms with Crippen molar-refractivity contribution in [3.63, 3.8) is 0 Å². The number of benzene rings is 1. The van der Waals surface area contributed by atoms with Crippen LogP contribution in [0.25, 0.3) is 10.2 Å². The van der Waals surface area contributed by atoms with Gasteiger partial charge in [0.2, 0.25) is 5.88 Å². The zero-order chi connectivity index (χ0) is 14.1. The maximum absolute atomic E-state index is 10.6. The predicted octanol–water partition coefficient (Wildman–Crippen LogP) is 3.70. The van der Waals surface area contributed by atoms with Crippen LogP contribution < -0.4 is 4.74 Å². The number of ether oxygens (including phenoxy) is 1. The molecular weight excluding hydrogens is 278 g/mol. The van der Waals surface area contributed by atoms with E-state index in [9.17, 15) is 10.1 Å². The van der Waals surface area contributed by atoms with Crippen LogP contribution in [0.15, 0.2) is 36.7 Å². The number of nitrogens with zero attached hydrogens (tertiary/aromatic N) is 3. The van der Waals surface area contributed by atoms with Crippen LogP contribution in [0.2, 0.25) is 0 Å². The molecule has 0 radical (unpaired) electrons. The minimum atomic E-state index is -0.449. The molecular formula is C13H9N3O3S. The Morgan fingerprint density at radius 2 is 2.00 bits per heavy atom. The monoisotopic (exact) mass is 287 g/mol. The van der Waals surface area contributed by atoms with Crippen LogP contribution in [-0.4, -0.2) is 14.9 Å². The largest absolute Gasteiger partial charge is 0.438 e. The van der Waals surface area contributed by atoms with E-state index < -0.39 is 4.92 Å². The summed E-state index contributed by atoms with van der Waals surface area (Å²) in [5.41, 5.74) is 0.0246. The molecule has 0 saturated carbocycles. The highest BCUT2D eigenvalue weighted by Crippen LogP contribution is 2.32. The number of rotatable bonds is 3. The molecule has 0 fully saturated rings. The van der Waals surface area contributed by atoms with Crippen molar-refractivity contribution in [2.45, 2.75) is 6.92 Å². The van der Waals surface area contributed by atoms with Gasteiger partial charge in [-0.05, 0) is 25.1 Å². The third-order valence-corrected chi connectivity index (χ3v) is 3.64. The maximum Gasteiger partial charge on any atom is 0.269 e. The highest BCUT2D eigenvalue weighted by molar-refractivity contribution is 7.18. The molecule has 3 rings (SSSR count). The van der Waals surface area contributed by atoms with Crippen LogP contribution >= 0.6 is 11.3 Å². The van der Waals surface area contributed by atoms with Gasteiger partial charge >= 0.3 is 0 Å². The van der Waals surface area contributed by atoms with Gasteiger partial charge in [-0.25, -0.2) is 9.97 Å². The van der Waals surface area contributed by atoms with Crippen LogP contribution in [0.3, 0.4) is 0 Å². The fourth-order valence-electron chi connectivity index (χ4n) is 1.78. The highest BCUT2D eigenvalue weighted by atomic mass is 32.1.